The lowest BCUT2D eigenvalue weighted by atomic mass is 10.1. The SMILES string of the molecule is COC(=O)c1cc(-c2nc(C)cs2)ccc1N. The van der Waals surface area contributed by atoms with Gasteiger partial charge in [-0.3, -0.25) is 0 Å². The Morgan fingerprint density at radius 2 is 2.24 bits per heavy atom. The molecule has 0 saturated heterocycles. The fraction of sp³-hybridized carbons (Fsp3) is 0.167. The average Bonchev–Trinajstić information content (AvgIpc) is 2.75. The summed E-state index contributed by atoms with van der Waals surface area (Å²) in [4.78, 5) is 15.9. The molecule has 2 rings (SSSR count). The molecule has 2 N–H and O–H groups in total. The van der Waals surface area contributed by atoms with Crippen LogP contribution < -0.4 is 5.73 Å². The molecule has 17 heavy (non-hydrogen) atoms. The van der Waals surface area contributed by atoms with Crippen molar-refractivity contribution in [1.82, 2.24) is 4.98 Å². The average molecular weight is 248 g/mol. The van der Waals surface area contributed by atoms with Crippen LogP contribution in [0.1, 0.15) is 16.1 Å². The van der Waals surface area contributed by atoms with E-state index < -0.39 is 5.97 Å². The van der Waals surface area contributed by atoms with Crippen molar-refractivity contribution >= 4 is 23.0 Å². The second-order valence-corrected chi connectivity index (χ2v) is 4.45. The van der Waals surface area contributed by atoms with E-state index in [-0.39, 0.29) is 0 Å². The summed E-state index contributed by atoms with van der Waals surface area (Å²) in [5, 5.41) is 2.83. The summed E-state index contributed by atoms with van der Waals surface area (Å²) in [6.45, 7) is 1.93. The zero-order valence-electron chi connectivity index (χ0n) is 9.56. The van der Waals surface area contributed by atoms with Gasteiger partial charge in [-0.2, -0.15) is 0 Å². The number of rotatable bonds is 2. The van der Waals surface area contributed by atoms with E-state index in [1.165, 1.54) is 18.4 Å². The first-order chi connectivity index (χ1) is 8.11. The van der Waals surface area contributed by atoms with Crippen LogP contribution in [-0.2, 0) is 4.74 Å². The normalized spacial score (nSPS) is 10.2. The standard InChI is InChI=1S/C12H12N2O2S/c1-7-6-17-11(14-7)8-3-4-10(13)9(5-8)12(15)16-2/h3-6H,13H2,1-2H3. The molecule has 0 aliphatic heterocycles. The van der Waals surface area contributed by atoms with E-state index in [0.717, 1.165) is 16.3 Å². The van der Waals surface area contributed by atoms with Crippen molar-refractivity contribution in [1.29, 1.82) is 0 Å². The number of hydrogen-bond donors (Lipinski definition) is 1. The molecule has 0 aliphatic carbocycles. The van der Waals surface area contributed by atoms with Gasteiger partial charge >= 0.3 is 5.97 Å². The number of methoxy groups -OCH3 is 1. The van der Waals surface area contributed by atoms with E-state index in [0.29, 0.717) is 11.3 Å². The Kier molecular flexibility index (Phi) is 3.10. The highest BCUT2D eigenvalue weighted by Crippen LogP contribution is 2.26. The Bertz CT molecular complexity index is 563. The van der Waals surface area contributed by atoms with Crippen LogP contribution in [0.3, 0.4) is 0 Å². The van der Waals surface area contributed by atoms with Gasteiger partial charge in [0, 0.05) is 22.3 Å². The number of carbonyl (C=O) groups is 1. The number of nitrogens with two attached hydrogens (primary N) is 1. The maximum Gasteiger partial charge on any atom is 0.339 e. The number of aryl methyl sites for hydroxylation is 1. The summed E-state index contributed by atoms with van der Waals surface area (Å²) in [6.07, 6.45) is 0. The van der Waals surface area contributed by atoms with E-state index in [1.807, 2.05) is 18.4 Å². The smallest absolute Gasteiger partial charge is 0.339 e. The highest BCUT2D eigenvalue weighted by atomic mass is 32.1. The number of hydrogen-bond acceptors (Lipinski definition) is 5. The summed E-state index contributed by atoms with van der Waals surface area (Å²) in [7, 11) is 1.34. The van der Waals surface area contributed by atoms with Crippen LogP contribution >= 0.6 is 11.3 Å². The van der Waals surface area contributed by atoms with E-state index >= 15 is 0 Å². The predicted molar refractivity (Wildman–Crippen MR) is 68.0 cm³/mol. The fourth-order valence-electron chi connectivity index (χ4n) is 1.46. The molecule has 88 valence electrons. The van der Waals surface area contributed by atoms with Crippen molar-refractivity contribution in [2.45, 2.75) is 6.92 Å². The summed E-state index contributed by atoms with van der Waals surface area (Å²) in [6, 6.07) is 5.25. The van der Waals surface area contributed by atoms with Crippen molar-refractivity contribution in [3.8, 4) is 10.6 Å². The number of nitrogens with zero attached hydrogens (tertiary/aromatic N) is 1. The molecule has 0 atom stereocenters. The Balaban J connectivity index is 2.47. The number of esters is 1. The molecule has 0 saturated carbocycles. The first-order valence-electron chi connectivity index (χ1n) is 5.02. The number of benzene rings is 1. The van der Waals surface area contributed by atoms with E-state index in [4.69, 9.17) is 5.73 Å². The van der Waals surface area contributed by atoms with Gasteiger partial charge in [0.05, 0.1) is 12.7 Å². The molecule has 1 aromatic heterocycles. The molecule has 0 bridgehead atoms. The van der Waals surface area contributed by atoms with Crippen LogP contribution in [0.5, 0.6) is 0 Å². The first-order valence-corrected chi connectivity index (χ1v) is 5.90. The minimum atomic E-state index is -0.433. The van der Waals surface area contributed by atoms with Crippen molar-refractivity contribution in [3.63, 3.8) is 0 Å². The zero-order chi connectivity index (χ0) is 12.4. The molecule has 2 aromatic rings. The topological polar surface area (TPSA) is 65.2 Å². The van der Waals surface area contributed by atoms with Crippen molar-refractivity contribution in [2.24, 2.45) is 0 Å². The van der Waals surface area contributed by atoms with Gasteiger partial charge in [0.15, 0.2) is 0 Å². The quantitative estimate of drug-likeness (QED) is 0.655. The molecule has 1 heterocycles. The third-order valence-corrected chi connectivity index (χ3v) is 3.33. The van der Waals surface area contributed by atoms with Gasteiger partial charge in [0.25, 0.3) is 0 Å². The zero-order valence-corrected chi connectivity index (χ0v) is 10.4. The van der Waals surface area contributed by atoms with Crippen molar-refractivity contribution in [3.05, 3.63) is 34.8 Å². The largest absolute Gasteiger partial charge is 0.465 e. The van der Waals surface area contributed by atoms with E-state index in [1.54, 1.807) is 12.1 Å². The molecule has 5 heteroatoms. The Labute approximate surface area is 103 Å². The number of carbonyl (C=O) groups excluding carboxylic acids is 1. The lowest BCUT2D eigenvalue weighted by molar-refractivity contribution is 0.0602. The monoisotopic (exact) mass is 248 g/mol. The maximum absolute atomic E-state index is 11.5. The number of ether oxygens (including phenoxy) is 1. The van der Waals surface area contributed by atoms with Gasteiger partial charge in [-0.25, -0.2) is 9.78 Å². The van der Waals surface area contributed by atoms with E-state index in [9.17, 15) is 4.79 Å². The highest BCUT2D eigenvalue weighted by Gasteiger charge is 2.12. The Morgan fingerprint density at radius 3 is 2.82 bits per heavy atom. The molecule has 1 aromatic carbocycles. The predicted octanol–water partition coefficient (Wildman–Crippen LogP) is 2.49. The molecule has 0 radical (unpaired) electrons. The summed E-state index contributed by atoms with van der Waals surface area (Å²) < 4.78 is 4.68. The summed E-state index contributed by atoms with van der Waals surface area (Å²) >= 11 is 1.53. The second-order valence-electron chi connectivity index (χ2n) is 3.59. The third kappa shape index (κ3) is 2.29. The third-order valence-electron chi connectivity index (χ3n) is 2.32. The minimum Gasteiger partial charge on any atom is -0.465 e. The summed E-state index contributed by atoms with van der Waals surface area (Å²) in [5.74, 6) is -0.433. The fourth-order valence-corrected chi connectivity index (χ4v) is 2.26. The molecule has 4 nitrogen and oxygen atoms in total. The maximum atomic E-state index is 11.5. The molecule has 0 unspecified atom stereocenters. The van der Waals surface area contributed by atoms with Crippen LogP contribution in [0.4, 0.5) is 5.69 Å². The number of thiazole rings is 1. The lowest BCUT2D eigenvalue weighted by Gasteiger charge is -2.05. The number of anilines is 1. The molecular formula is C12H12N2O2S. The minimum absolute atomic E-state index is 0.373. The molecular weight excluding hydrogens is 236 g/mol. The van der Waals surface area contributed by atoms with Gasteiger partial charge in [-0.05, 0) is 25.1 Å². The van der Waals surface area contributed by atoms with Gasteiger partial charge < -0.3 is 10.5 Å². The van der Waals surface area contributed by atoms with Crippen LogP contribution in [-0.4, -0.2) is 18.1 Å². The summed E-state index contributed by atoms with van der Waals surface area (Å²) in [5.41, 5.74) is 8.35. The Morgan fingerprint density at radius 1 is 1.47 bits per heavy atom. The van der Waals surface area contributed by atoms with Crippen molar-refractivity contribution in [2.75, 3.05) is 12.8 Å². The lowest BCUT2D eigenvalue weighted by Crippen LogP contribution is -2.05. The van der Waals surface area contributed by atoms with Crippen LogP contribution in [0.15, 0.2) is 23.6 Å². The van der Waals surface area contributed by atoms with Crippen LogP contribution in [0, 0.1) is 6.92 Å². The highest BCUT2D eigenvalue weighted by molar-refractivity contribution is 7.13. The van der Waals surface area contributed by atoms with Gasteiger partial charge in [-0.15, -0.1) is 11.3 Å². The number of nitrogen functional groups attached to an aromatic ring is 1. The number of aromatic nitrogens is 1. The molecule has 0 aliphatic rings. The Hall–Kier alpha value is -1.88. The second kappa shape index (κ2) is 4.55. The molecule has 0 amide bonds. The molecule has 0 fully saturated rings. The van der Waals surface area contributed by atoms with E-state index in [2.05, 4.69) is 9.72 Å². The van der Waals surface area contributed by atoms with Crippen LogP contribution in [0.2, 0.25) is 0 Å². The van der Waals surface area contributed by atoms with Gasteiger partial charge in [0.1, 0.15) is 5.01 Å². The van der Waals surface area contributed by atoms with Gasteiger partial charge in [-0.1, -0.05) is 0 Å². The first kappa shape index (κ1) is 11.6. The molecule has 0 spiro atoms. The van der Waals surface area contributed by atoms with Gasteiger partial charge in [0.2, 0.25) is 0 Å². The van der Waals surface area contributed by atoms with Crippen LogP contribution in [0.25, 0.3) is 10.6 Å². The van der Waals surface area contributed by atoms with Crippen molar-refractivity contribution < 1.29 is 9.53 Å².